The van der Waals surface area contributed by atoms with E-state index in [9.17, 15) is 14.7 Å². The lowest BCUT2D eigenvalue weighted by Gasteiger charge is -2.37. The smallest absolute Gasteiger partial charge is 0.247 e. The fourth-order valence-corrected chi connectivity index (χ4v) is 9.76. The van der Waals surface area contributed by atoms with E-state index < -0.39 is 48.3 Å². The van der Waals surface area contributed by atoms with Crippen molar-refractivity contribution in [3.63, 3.8) is 0 Å². The van der Waals surface area contributed by atoms with Gasteiger partial charge in [-0.15, -0.1) is 0 Å². The molecule has 0 spiro atoms. The maximum Gasteiger partial charge on any atom is 0.247 e. The van der Waals surface area contributed by atoms with Gasteiger partial charge in [0.25, 0.3) is 0 Å². The highest BCUT2D eigenvalue weighted by atomic mass is 35.5. The summed E-state index contributed by atoms with van der Waals surface area (Å²) in [5, 5.41) is 14.0. The van der Waals surface area contributed by atoms with Crippen LogP contribution in [0.2, 0.25) is 5.02 Å². The number of hydrogen-bond acceptors (Lipinski definition) is 8. The van der Waals surface area contributed by atoms with Crippen LogP contribution in [0.5, 0.6) is 11.5 Å². The summed E-state index contributed by atoms with van der Waals surface area (Å²) in [5.41, 5.74) is 6.84. The van der Waals surface area contributed by atoms with Crippen molar-refractivity contribution in [3.8, 4) is 22.8 Å². The molecule has 1 aliphatic carbocycles. The molecule has 0 radical (unpaired) electrons. The number of amides is 3. The van der Waals surface area contributed by atoms with Crippen LogP contribution < -0.4 is 10.1 Å². The molecule has 2 aliphatic rings. The summed E-state index contributed by atoms with van der Waals surface area (Å²) in [7, 11) is 9.40. The molecule has 348 valence electrons. The number of nitrogens with one attached hydrogen (secondary N) is 1. The minimum absolute atomic E-state index is 0.0839. The molecule has 66 heavy (non-hydrogen) atoms. The molecule has 4 aromatic carbocycles. The van der Waals surface area contributed by atoms with Gasteiger partial charge in [-0.3, -0.25) is 19.2 Å². The number of likely N-dealkylation sites (N-methyl/N-ethyl adjacent to an activating group) is 2. The van der Waals surface area contributed by atoms with Gasteiger partial charge in [0.05, 0.1) is 37.0 Å². The molecule has 12 nitrogen and oxygen atoms in total. The number of aryl methyl sites for hydroxylation is 2. The molecule has 0 saturated carbocycles. The van der Waals surface area contributed by atoms with Crippen molar-refractivity contribution in [2.24, 2.45) is 24.8 Å². The van der Waals surface area contributed by atoms with Gasteiger partial charge in [-0.2, -0.15) is 0 Å². The fourth-order valence-electron chi connectivity index (χ4n) is 9.64. The SMILES string of the molecule is CCc1ccc(CC2C(=O)C[C@@H]([C@@H]3CCc4ccccc43)C(=O)N(C)C[C@@H](Cc3ccc(Cl)cc3)N(C)C(=O)[C@@H](CO)NC(=O)[C@@H]2C)c(Oc2ccc(-c3cnc(CN(C)C)n3C)cc2)c1. The largest absolute Gasteiger partial charge is 0.457 e. The molecular formula is C53H63ClN6O6. The van der Waals surface area contributed by atoms with Gasteiger partial charge < -0.3 is 34.4 Å². The number of benzene rings is 4. The van der Waals surface area contributed by atoms with Crippen LogP contribution in [0, 0.1) is 17.8 Å². The number of carbonyl (C=O) groups is 4. The van der Waals surface area contributed by atoms with Crippen molar-refractivity contribution in [3.05, 3.63) is 136 Å². The molecule has 5 aromatic rings. The summed E-state index contributed by atoms with van der Waals surface area (Å²) < 4.78 is 8.72. The summed E-state index contributed by atoms with van der Waals surface area (Å²) in [4.78, 5) is 68.8. The highest BCUT2D eigenvalue weighted by Gasteiger charge is 2.42. The molecule has 1 unspecified atom stereocenters. The highest BCUT2D eigenvalue weighted by molar-refractivity contribution is 6.30. The highest BCUT2D eigenvalue weighted by Crippen LogP contribution is 2.42. The zero-order valence-electron chi connectivity index (χ0n) is 39.2. The Morgan fingerprint density at radius 2 is 1.59 bits per heavy atom. The number of carbonyl (C=O) groups excluding carboxylic acids is 4. The maximum absolute atomic E-state index is 15.2. The first-order valence-electron chi connectivity index (χ1n) is 23.0. The Bertz CT molecular complexity index is 2520. The van der Waals surface area contributed by atoms with E-state index in [4.69, 9.17) is 16.3 Å². The predicted octanol–water partition coefficient (Wildman–Crippen LogP) is 7.28. The van der Waals surface area contributed by atoms with Gasteiger partial charge in [-0.25, -0.2) is 4.98 Å². The van der Waals surface area contributed by atoms with Crippen molar-refractivity contribution >= 4 is 35.1 Å². The summed E-state index contributed by atoms with van der Waals surface area (Å²) in [6, 6.07) is 27.4. The standard InChI is InChI=1S/C53H63ClN6O6/c1-8-34-13-16-38(49(26-34)66-41-22-17-37(18-23-41)47-29-55-50(60(47)7)31-57(3)4)27-44-33(2)51(63)56-46(32-61)53(65)59(6)40(25-35-14-20-39(54)21-15-35)30-58(5)52(64)45(28-48(44)62)43-24-19-36-11-9-10-12-42(36)43/h9-18,20-23,26,29,33,40,43-46,61H,8,19,24-25,27-28,30-32H2,1-7H3,(H,56,63)/t33-,40-,43-,44?,45+,46-/m1/s1. The molecule has 2 heterocycles. The molecule has 2 N–H and O–H groups in total. The van der Waals surface area contributed by atoms with Gasteiger partial charge in [0.2, 0.25) is 17.7 Å². The molecule has 3 amide bonds. The molecule has 1 aromatic heterocycles. The Kier molecular flexibility index (Phi) is 15.5. The molecule has 13 heteroatoms. The number of ether oxygens (including phenoxy) is 1. The number of fused-ring (bicyclic) bond motifs is 1. The van der Waals surface area contributed by atoms with Crippen LogP contribution in [0.15, 0.2) is 97.2 Å². The summed E-state index contributed by atoms with van der Waals surface area (Å²) >= 11 is 6.21. The molecule has 1 aliphatic heterocycles. The van der Waals surface area contributed by atoms with Gasteiger partial charge in [0.1, 0.15) is 29.1 Å². The van der Waals surface area contributed by atoms with Crippen LogP contribution in [0.25, 0.3) is 11.3 Å². The Morgan fingerprint density at radius 1 is 0.879 bits per heavy atom. The van der Waals surface area contributed by atoms with Crippen LogP contribution in [-0.2, 0) is 58.5 Å². The number of hydrogen-bond donors (Lipinski definition) is 2. The number of nitrogens with zero attached hydrogens (tertiary/aromatic N) is 5. The second kappa shape index (κ2) is 21.2. The Labute approximate surface area is 393 Å². The number of rotatable bonds is 12. The van der Waals surface area contributed by atoms with Crippen LogP contribution in [0.3, 0.4) is 0 Å². The van der Waals surface area contributed by atoms with Crippen LogP contribution in [-0.4, -0.2) is 106 Å². The lowest BCUT2D eigenvalue weighted by molar-refractivity contribution is -0.144. The third kappa shape index (κ3) is 10.9. The number of aliphatic hydroxyl groups is 1. The molecule has 7 rings (SSSR count). The number of ketones is 1. The van der Waals surface area contributed by atoms with Crippen molar-refractivity contribution < 1.29 is 29.0 Å². The quantitative estimate of drug-likeness (QED) is 0.133. The fraction of sp³-hybridized carbons (Fsp3) is 0.415. The molecule has 1 saturated heterocycles. The van der Waals surface area contributed by atoms with Gasteiger partial charge >= 0.3 is 0 Å². The van der Waals surface area contributed by atoms with Crippen LogP contribution in [0.1, 0.15) is 66.2 Å². The summed E-state index contributed by atoms with van der Waals surface area (Å²) in [6.45, 7) is 3.96. The number of halogens is 1. The lowest BCUT2D eigenvalue weighted by atomic mass is 9.76. The van der Waals surface area contributed by atoms with Gasteiger partial charge in [-0.1, -0.05) is 74.0 Å². The van der Waals surface area contributed by atoms with Gasteiger partial charge in [0, 0.05) is 56.5 Å². The summed E-state index contributed by atoms with van der Waals surface area (Å²) in [6.07, 6.45) is 4.54. The topological polar surface area (TPSA) is 137 Å². The van der Waals surface area contributed by atoms with Crippen molar-refractivity contribution in [1.29, 1.82) is 0 Å². The van der Waals surface area contributed by atoms with E-state index in [0.717, 1.165) is 57.7 Å². The average molecular weight is 916 g/mol. The predicted molar refractivity (Wildman–Crippen MR) is 257 cm³/mol. The normalized spacial score (nSPS) is 22.1. The van der Waals surface area contributed by atoms with Gasteiger partial charge in [-0.05, 0) is 122 Å². The number of aliphatic hydroxyl groups excluding tert-OH is 1. The van der Waals surface area contributed by atoms with E-state index in [2.05, 4.69) is 38.8 Å². The van der Waals surface area contributed by atoms with E-state index in [0.29, 0.717) is 35.9 Å². The zero-order chi connectivity index (χ0) is 47.2. The Hall–Kier alpha value is -5.82. The number of aromatic nitrogens is 2. The van der Waals surface area contributed by atoms with E-state index >= 15 is 9.59 Å². The van der Waals surface area contributed by atoms with Crippen LogP contribution in [0.4, 0.5) is 0 Å². The Balaban J connectivity index is 1.23. The minimum Gasteiger partial charge on any atom is -0.457 e. The first-order chi connectivity index (χ1) is 31.6. The van der Waals surface area contributed by atoms with E-state index in [1.807, 2.05) is 94.1 Å². The first-order valence-corrected chi connectivity index (χ1v) is 23.4. The van der Waals surface area contributed by atoms with Crippen LogP contribution >= 0.6 is 11.6 Å². The Morgan fingerprint density at radius 3 is 2.29 bits per heavy atom. The minimum atomic E-state index is -1.28. The monoisotopic (exact) mass is 914 g/mol. The lowest BCUT2D eigenvalue weighted by Crippen LogP contribution is -2.56. The number of Topliss-reactive ketones (excluding diaryl/α,β-unsaturated/α-hetero) is 1. The molecule has 1 fully saturated rings. The van der Waals surface area contributed by atoms with Crippen molar-refractivity contribution in [2.75, 3.05) is 41.3 Å². The molecular weight excluding hydrogens is 852 g/mol. The van der Waals surface area contributed by atoms with Crippen molar-refractivity contribution in [2.45, 2.75) is 76.9 Å². The second-order valence-electron chi connectivity index (χ2n) is 18.4. The number of imidazole rings is 1. The maximum atomic E-state index is 15.2. The average Bonchev–Trinajstić information content (AvgIpc) is 3.91. The second-order valence-corrected chi connectivity index (χ2v) is 18.8. The zero-order valence-corrected chi connectivity index (χ0v) is 39.9. The molecule has 6 atom stereocenters. The third-order valence-electron chi connectivity index (χ3n) is 13.7. The van der Waals surface area contributed by atoms with E-state index in [-0.39, 0.29) is 37.0 Å². The third-order valence-corrected chi connectivity index (χ3v) is 13.9. The van der Waals surface area contributed by atoms with Gasteiger partial charge in [0.15, 0.2) is 0 Å². The van der Waals surface area contributed by atoms with E-state index in [1.54, 1.807) is 38.1 Å². The van der Waals surface area contributed by atoms with Crippen molar-refractivity contribution in [1.82, 2.24) is 29.6 Å². The molecule has 0 bridgehead atoms. The van der Waals surface area contributed by atoms with E-state index in [1.165, 1.54) is 4.90 Å². The summed E-state index contributed by atoms with van der Waals surface area (Å²) in [5.74, 6) is -2.16. The first kappa shape index (κ1) is 48.1.